The van der Waals surface area contributed by atoms with E-state index in [1.165, 1.54) is 25.5 Å². The molecular formula is C8H11N3O2S. The molecule has 1 fully saturated rings. The predicted octanol–water partition coefficient (Wildman–Crippen LogP) is 2.26. The van der Waals surface area contributed by atoms with Gasteiger partial charge in [0.1, 0.15) is 6.20 Å². The Hall–Kier alpha value is -1.17. The van der Waals surface area contributed by atoms with Gasteiger partial charge in [-0.05, 0) is 30.1 Å². The predicted molar refractivity (Wildman–Crippen MR) is 54.6 cm³/mol. The highest BCUT2D eigenvalue weighted by Gasteiger charge is 2.18. The van der Waals surface area contributed by atoms with Crippen molar-refractivity contribution in [2.75, 3.05) is 11.9 Å². The lowest BCUT2D eigenvalue weighted by Crippen LogP contribution is -2.20. The number of nitrogens with one attached hydrogen (secondary N) is 1. The van der Waals surface area contributed by atoms with Crippen LogP contribution < -0.4 is 5.32 Å². The highest BCUT2D eigenvalue weighted by molar-refractivity contribution is 7.18. The fourth-order valence-corrected chi connectivity index (χ4v) is 2.00. The van der Waals surface area contributed by atoms with Gasteiger partial charge in [0.2, 0.25) is 0 Å². The summed E-state index contributed by atoms with van der Waals surface area (Å²) in [6, 6.07) is 0. The molecule has 0 aliphatic heterocycles. The third-order valence-electron chi connectivity index (χ3n) is 2.44. The average Bonchev–Trinajstić information content (AvgIpc) is 2.50. The summed E-state index contributed by atoms with van der Waals surface area (Å²) in [5, 5.41) is 14.2. The molecule has 0 unspecified atom stereocenters. The Labute approximate surface area is 85.3 Å². The molecule has 0 spiro atoms. The van der Waals surface area contributed by atoms with Crippen molar-refractivity contribution >= 4 is 21.5 Å². The molecule has 14 heavy (non-hydrogen) atoms. The second-order valence-electron chi connectivity index (χ2n) is 3.44. The number of anilines is 1. The van der Waals surface area contributed by atoms with Gasteiger partial charge in [0.25, 0.3) is 0 Å². The minimum absolute atomic E-state index is 0.0982. The van der Waals surface area contributed by atoms with Gasteiger partial charge >= 0.3 is 5.00 Å². The van der Waals surface area contributed by atoms with Crippen molar-refractivity contribution in [3.63, 3.8) is 0 Å². The van der Waals surface area contributed by atoms with Gasteiger partial charge in [-0.2, -0.15) is 0 Å². The van der Waals surface area contributed by atoms with E-state index in [-0.39, 0.29) is 5.00 Å². The van der Waals surface area contributed by atoms with Crippen LogP contribution in [0, 0.1) is 16.0 Å². The quantitative estimate of drug-likeness (QED) is 0.615. The molecule has 1 aromatic rings. The molecule has 0 aromatic carbocycles. The van der Waals surface area contributed by atoms with E-state index in [1.807, 2.05) is 0 Å². The third-order valence-corrected chi connectivity index (χ3v) is 3.35. The van der Waals surface area contributed by atoms with Crippen LogP contribution >= 0.6 is 11.3 Å². The Morgan fingerprint density at radius 1 is 1.71 bits per heavy atom. The van der Waals surface area contributed by atoms with Gasteiger partial charge < -0.3 is 5.32 Å². The van der Waals surface area contributed by atoms with E-state index in [1.54, 1.807) is 0 Å². The summed E-state index contributed by atoms with van der Waals surface area (Å²) in [5.74, 6) is 0.734. The molecule has 2 rings (SSSR count). The number of nitrogens with zero attached hydrogens (tertiary/aromatic N) is 2. The Morgan fingerprint density at radius 2 is 2.50 bits per heavy atom. The number of rotatable bonds is 4. The van der Waals surface area contributed by atoms with Gasteiger partial charge in [-0.25, -0.2) is 4.98 Å². The summed E-state index contributed by atoms with van der Waals surface area (Å²) in [7, 11) is 0. The minimum Gasteiger partial charge on any atom is -0.361 e. The van der Waals surface area contributed by atoms with Crippen molar-refractivity contribution < 1.29 is 4.92 Å². The number of hydrogen-bond acceptors (Lipinski definition) is 5. The zero-order valence-electron chi connectivity index (χ0n) is 7.60. The molecule has 0 amide bonds. The van der Waals surface area contributed by atoms with Gasteiger partial charge in [0.05, 0.1) is 4.92 Å². The van der Waals surface area contributed by atoms with E-state index >= 15 is 0 Å². The third kappa shape index (κ3) is 2.01. The molecule has 0 atom stereocenters. The van der Waals surface area contributed by atoms with Gasteiger partial charge in [-0.3, -0.25) is 10.1 Å². The standard InChI is InChI=1S/C8H11N3O2S/c12-11(13)7-5-10-8(14-7)9-4-6-2-1-3-6/h5-6H,1-4H2,(H,9,10). The smallest absolute Gasteiger partial charge is 0.345 e. The zero-order valence-corrected chi connectivity index (χ0v) is 8.42. The van der Waals surface area contributed by atoms with Crippen molar-refractivity contribution in [3.8, 4) is 0 Å². The Balaban J connectivity index is 1.86. The first kappa shape index (κ1) is 9.39. The van der Waals surface area contributed by atoms with E-state index in [4.69, 9.17) is 0 Å². The van der Waals surface area contributed by atoms with Crippen LogP contribution in [-0.4, -0.2) is 16.5 Å². The molecule has 1 aromatic heterocycles. The van der Waals surface area contributed by atoms with Crippen molar-refractivity contribution in [3.05, 3.63) is 16.3 Å². The van der Waals surface area contributed by atoms with Crippen LogP contribution in [0.5, 0.6) is 0 Å². The lowest BCUT2D eigenvalue weighted by Gasteiger charge is -2.24. The first-order valence-electron chi connectivity index (χ1n) is 4.60. The number of nitro groups is 1. The van der Waals surface area contributed by atoms with E-state index in [0.717, 1.165) is 23.8 Å². The first-order chi connectivity index (χ1) is 6.75. The maximum Gasteiger partial charge on any atom is 0.345 e. The van der Waals surface area contributed by atoms with Crippen molar-refractivity contribution in [1.82, 2.24) is 4.98 Å². The molecule has 1 aliphatic rings. The lowest BCUT2D eigenvalue weighted by molar-refractivity contribution is -0.380. The topological polar surface area (TPSA) is 68.1 Å². The van der Waals surface area contributed by atoms with Gasteiger partial charge in [0, 0.05) is 6.54 Å². The highest BCUT2D eigenvalue weighted by atomic mass is 32.1. The Bertz CT molecular complexity index is 335. The summed E-state index contributed by atoms with van der Waals surface area (Å²) in [6.07, 6.45) is 5.14. The fourth-order valence-electron chi connectivity index (χ4n) is 1.36. The van der Waals surface area contributed by atoms with E-state index in [2.05, 4.69) is 10.3 Å². The second-order valence-corrected chi connectivity index (χ2v) is 4.45. The normalized spacial score (nSPS) is 16.3. The summed E-state index contributed by atoms with van der Waals surface area (Å²) in [6.45, 7) is 0.894. The van der Waals surface area contributed by atoms with Crippen molar-refractivity contribution in [2.24, 2.45) is 5.92 Å². The molecule has 1 heterocycles. The molecular weight excluding hydrogens is 202 g/mol. The molecule has 1 aliphatic carbocycles. The van der Waals surface area contributed by atoms with E-state index in [0.29, 0.717) is 5.13 Å². The number of aromatic nitrogens is 1. The summed E-state index contributed by atoms with van der Waals surface area (Å²) in [4.78, 5) is 13.9. The van der Waals surface area contributed by atoms with Crippen LogP contribution in [0.1, 0.15) is 19.3 Å². The van der Waals surface area contributed by atoms with Crippen LogP contribution in [0.15, 0.2) is 6.20 Å². The van der Waals surface area contributed by atoms with Gasteiger partial charge in [-0.15, -0.1) is 0 Å². The Kier molecular flexibility index (Phi) is 2.62. The molecule has 76 valence electrons. The number of thiazole rings is 1. The minimum atomic E-state index is -0.411. The summed E-state index contributed by atoms with van der Waals surface area (Å²) < 4.78 is 0. The molecule has 1 N–H and O–H groups in total. The van der Waals surface area contributed by atoms with Crippen LogP contribution in [-0.2, 0) is 0 Å². The second kappa shape index (κ2) is 3.91. The molecule has 5 nitrogen and oxygen atoms in total. The van der Waals surface area contributed by atoms with Crippen molar-refractivity contribution in [1.29, 1.82) is 0 Å². The summed E-state index contributed by atoms with van der Waals surface area (Å²) in [5.41, 5.74) is 0. The largest absolute Gasteiger partial charge is 0.361 e. The number of hydrogen-bond donors (Lipinski definition) is 1. The molecule has 6 heteroatoms. The molecule has 0 bridgehead atoms. The fraction of sp³-hybridized carbons (Fsp3) is 0.625. The maximum atomic E-state index is 10.4. The highest BCUT2D eigenvalue weighted by Crippen LogP contribution is 2.29. The van der Waals surface area contributed by atoms with Crippen molar-refractivity contribution in [2.45, 2.75) is 19.3 Å². The maximum absolute atomic E-state index is 10.4. The lowest BCUT2D eigenvalue weighted by atomic mass is 9.86. The van der Waals surface area contributed by atoms with Crippen LogP contribution in [0.3, 0.4) is 0 Å². The van der Waals surface area contributed by atoms with Crippen LogP contribution in [0.25, 0.3) is 0 Å². The van der Waals surface area contributed by atoms with Crippen LogP contribution in [0.2, 0.25) is 0 Å². The van der Waals surface area contributed by atoms with E-state index in [9.17, 15) is 10.1 Å². The zero-order chi connectivity index (χ0) is 9.97. The average molecular weight is 213 g/mol. The summed E-state index contributed by atoms with van der Waals surface area (Å²) >= 11 is 1.10. The molecule has 1 saturated carbocycles. The van der Waals surface area contributed by atoms with Gasteiger partial charge in [-0.1, -0.05) is 6.42 Å². The monoisotopic (exact) mass is 213 g/mol. The molecule has 0 radical (unpaired) electrons. The molecule has 0 saturated heterocycles. The van der Waals surface area contributed by atoms with Gasteiger partial charge in [0.15, 0.2) is 5.13 Å². The first-order valence-corrected chi connectivity index (χ1v) is 5.41. The SMILES string of the molecule is O=[N+]([O-])c1cnc(NCC2CCC2)s1. The van der Waals surface area contributed by atoms with E-state index < -0.39 is 4.92 Å². The Morgan fingerprint density at radius 3 is 3.00 bits per heavy atom. The van der Waals surface area contributed by atoms with Crippen LogP contribution in [0.4, 0.5) is 10.1 Å².